The van der Waals surface area contributed by atoms with Crippen molar-refractivity contribution in [2.45, 2.75) is 19.0 Å². The number of nitrogens with two attached hydrogens (primary N) is 1. The first-order chi connectivity index (χ1) is 8.04. The average molecular weight is 300 g/mol. The predicted molar refractivity (Wildman–Crippen MR) is 68.7 cm³/mol. The Morgan fingerprint density at radius 1 is 1.53 bits per heavy atom. The van der Waals surface area contributed by atoms with Crippen LogP contribution in [0.5, 0.6) is 0 Å². The first-order valence-electron chi connectivity index (χ1n) is 5.46. The van der Waals surface area contributed by atoms with Crippen molar-refractivity contribution in [2.75, 3.05) is 13.1 Å². The van der Waals surface area contributed by atoms with Crippen LogP contribution in [-0.4, -0.2) is 29.0 Å². The highest BCUT2D eigenvalue weighted by Crippen LogP contribution is 2.23. The molecule has 0 aromatic heterocycles. The lowest BCUT2D eigenvalue weighted by molar-refractivity contribution is -0.385. The number of benzene rings is 1. The van der Waals surface area contributed by atoms with Gasteiger partial charge in [-0.25, -0.2) is 0 Å². The summed E-state index contributed by atoms with van der Waals surface area (Å²) in [6.07, 6.45) is 0.996. The molecule has 5 nitrogen and oxygen atoms in total. The lowest BCUT2D eigenvalue weighted by atomic mass is 10.2. The Morgan fingerprint density at radius 2 is 2.29 bits per heavy atom. The van der Waals surface area contributed by atoms with Crippen LogP contribution in [0.4, 0.5) is 5.69 Å². The molecule has 1 aliphatic heterocycles. The summed E-state index contributed by atoms with van der Waals surface area (Å²) in [5.41, 5.74) is 6.90. The molecule has 0 unspecified atom stereocenters. The summed E-state index contributed by atoms with van der Waals surface area (Å²) in [5, 5.41) is 10.7. The van der Waals surface area contributed by atoms with Gasteiger partial charge in [0.05, 0.1) is 4.92 Å². The molecule has 0 radical (unpaired) electrons. The van der Waals surface area contributed by atoms with Gasteiger partial charge in [0.2, 0.25) is 0 Å². The van der Waals surface area contributed by atoms with Gasteiger partial charge < -0.3 is 5.73 Å². The third-order valence-electron chi connectivity index (χ3n) is 2.87. The topological polar surface area (TPSA) is 72.4 Å². The smallest absolute Gasteiger partial charge is 0.270 e. The summed E-state index contributed by atoms with van der Waals surface area (Å²) < 4.78 is 0.741. The number of nitrogens with zero attached hydrogens (tertiary/aromatic N) is 2. The van der Waals surface area contributed by atoms with Crippen LogP contribution in [0.2, 0.25) is 0 Å². The highest BCUT2D eigenvalue weighted by Gasteiger charge is 2.19. The zero-order chi connectivity index (χ0) is 12.4. The van der Waals surface area contributed by atoms with Crippen molar-refractivity contribution in [3.63, 3.8) is 0 Å². The molecule has 6 heteroatoms. The van der Waals surface area contributed by atoms with E-state index in [9.17, 15) is 10.1 Å². The molecule has 1 aromatic rings. The minimum Gasteiger partial charge on any atom is -0.326 e. The van der Waals surface area contributed by atoms with Crippen LogP contribution < -0.4 is 5.73 Å². The number of hydrogen-bond acceptors (Lipinski definition) is 4. The fraction of sp³-hybridized carbons (Fsp3) is 0.455. The number of non-ortho nitro benzene ring substituents is 1. The van der Waals surface area contributed by atoms with Gasteiger partial charge in [-0.05, 0) is 18.1 Å². The number of nitro groups is 1. The van der Waals surface area contributed by atoms with Crippen LogP contribution in [0, 0.1) is 10.1 Å². The van der Waals surface area contributed by atoms with Crippen LogP contribution in [0.3, 0.4) is 0 Å². The number of rotatable bonds is 3. The van der Waals surface area contributed by atoms with Crippen LogP contribution >= 0.6 is 15.9 Å². The van der Waals surface area contributed by atoms with Crippen molar-refractivity contribution < 1.29 is 4.92 Å². The SMILES string of the molecule is N[C@H]1CCN(Cc2cc(Br)cc([N+](=O)[O-])c2)C1. The third kappa shape index (κ3) is 3.24. The highest BCUT2D eigenvalue weighted by molar-refractivity contribution is 9.10. The first-order valence-corrected chi connectivity index (χ1v) is 6.25. The molecular weight excluding hydrogens is 286 g/mol. The van der Waals surface area contributed by atoms with E-state index in [0.29, 0.717) is 6.54 Å². The summed E-state index contributed by atoms with van der Waals surface area (Å²) in [6, 6.07) is 5.28. The van der Waals surface area contributed by atoms with Crippen LogP contribution in [0.1, 0.15) is 12.0 Å². The second-order valence-electron chi connectivity index (χ2n) is 4.36. The van der Waals surface area contributed by atoms with E-state index in [1.807, 2.05) is 6.07 Å². The van der Waals surface area contributed by atoms with E-state index >= 15 is 0 Å². The molecule has 0 bridgehead atoms. The van der Waals surface area contributed by atoms with Gasteiger partial charge in [0.25, 0.3) is 5.69 Å². The molecule has 2 rings (SSSR count). The average Bonchev–Trinajstić information content (AvgIpc) is 2.63. The molecule has 0 spiro atoms. The number of hydrogen-bond donors (Lipinski definition) is 1. The van der Waals surface area contributed by atoms with Gasteiger partial charge in [-0.3, -0.25) is 15.0 Å². The molecule has 1 atom stereocenters. The monoisotopic (exact) mass is 299 g/mol. The van der Waals surface area contributed by atoms with Crippen LogP contribution in [-0.2, 0) is 6.54 Å². The summed E-state index contributed by atoms with van der Waals surface area (Å²) in [6.45, 7) is 2.54. The van der Waals surface area contributed by atoms with Gasteiger partial charge in [-0.15, -0.1) is 0 Å². The molecular formula is C11H14BrN3O2. The molecule has 1 aliphatic rings. The largest absolute Gasteiger partial charge is 0.326 e. The molecule has 17 heavy (non-hydrogen) atoms. The standard InChI is InChI=1S/C11H14BrN3O2/c12-9-3-8(4-11(5-9)15(16)17)6-14-2-1-10(13)7-14/h3-5,10H,1-2,6-7,13H2/t10-/m0/s1. The summed E-state index contributed by atoms with van der Waals surface area (Å²) in [5.74, 6) is 0. The molecule has 0 saturated carbocycles. The van der Waals surface area contributed by atoms with Crippen molar-refractivity contribution in [1.29, 1.82) is 0 Å². The Kier molecular flexibility index (Phi) is 3.76. The fourth-order valence-corrected chi connectivity index (χ4v) is 2.62. The lowest BCUT2D eigenvalue weighted by Crippen LogP contribution is -2.26. The van der Waals surface area contributed by atoms with Gasteiger partial charge in [0, 0.05) is 42.3 Å². The van der Waals surface area contributed by atoms with Crippen molar-refractivity contribution in [3.8, 4) is 0 Å². The van der Waals surface area contributed by atoms with E-state index in [2.05, 4.69) is 20.8 Å². The van der Waals surface area contributed by atoms with Crippen molar-refractivity contribution in [3.05, 3.63) is 38.3 Å². The predicted octanol–water partition coefficient (Wildman–Crippen LogP) is 1.89. The van der Waals surface area contributed by atoms with Gasteiger partial charge in [0.15, 0.2) is 0 Å². The van der Waals surface area contributed by atoms with Crippen molar-refractivity contribution in [2.24, 2.45) is 5.73 Å². The van der Waals surface area contributed by atoms with E-state index in [1.165, 1.54) is 6.07 Å². The summed E-state index contributed by atoms with van der Waals surface area (Å²) >= 11 is 3.29. The molecule has 0 aliphatic carbocycles. The molecule has 1 aromatic carbocycles. The van der Waals surface area contributed by atoms with E-state index in [4.69, 9.17) is 5.73 Å². The highest BCUT2D eigenvalue weighted by atomic mass is 79.9. The maximum absolute atomic E-state index is 10.7. The zero-order valence-corrected chi connectivity index (χ0v) is 10.9. The lowest BCUT2D eigenvalue weighted by Gasteiger charge is -2.15. The Morgan fingerprint density at radius 3 is 2.88 bits per heavy atom. The fourth-order valence-electron chi connectivity index (χ4n) is 2.09. The molecule has 92 valence electrons. The Bertz CT molecular complexity index is 439. The van der Waals surface area contributed by atoms with Crippen LogP contribution in [0.25, 0.3) is 0 Å². The second-order valence-corrected chi connectivity index (χ2v) is 5.27. The molecule has 2 N–H and O–H groups in total. The maximum Gasteiger partial charge on any atom is 0.270 e. The third-order valence-corrected chi connectivity index (χ3v) is 3.33. The molecule has 1 fully saturated rings. The first kappa shape index (κ1) is 12.5. The van der Waals surface area contributed by atoms with Crippen molar-refractivity contribution in [1.82, 2.24) is 4.90 Å². The molecule has 1 saturated heterocycles. The minimum absolute atomic E-state index is 0.123. The van der Waals surface area contributed by atoms with E-state index < -0.39 is 0 Å². The normalized spacial score (nSPS) is 20.7. The quantitative estimate of drug-likeness (QED) is 0.683. The zero-order valence-electron chi connectivity index (χ0n) is 9.30. The molecule has 1 heterocycles. The van der Waals surface area contributed by atoms with E-state index in [0.717, 1.165) is 29.5 Å². The van der Waals surface area contributed by atoms with Gasteiger partial charge >= 0.3 is 0 Å². The summed E-state index contributed by atoms with van der Waals surface area (Å²) in [4.78, 5) is 12.6. The van der Waals surface area contributed by atoms with Crippen molar-refractivity contribution >= 4 is 21.6 Å². The van der Waals surface area contributed by atoms with E-state index in [1.54, 1.807) is 6.07 Å². The summed E-state index contributed by atoms with van der Waals surface area (Å²) in [7, 11) is 0. The number of halogens is 1. The van der Waals surface area contributed by atoms with Gasteiger partial charge in [-0.2, -0.15) is 0 Å². The van der Waals surface area contributed by atoms with Crippen LogP contribution in [0.15, 0.2) is 22.7 Å². The maximum atomic E-state index is 10.7. The minimum atomic E-state index is -0.371. The Hall–Kier alpha value is -0.980. The van der Waals surface area contributed by atoms with E-state index in [-0.39, 0.29) is 16.7 Å². The Labute approximate surface area is 108 Å². The molecule has 0 amide bonds. The van der Waals surface area contributed by atoms with Gasteiger partial charge in [-0.1, -0.05) is 15.9 Å². The second kappa shape index (κ2) is 5.12. The number of nitro benzene ring substituents is 1. The Balaban J connectivity index is 2.12. The number of likely N-dealkylation sites (tertiary alicyclic amines) is 1. The van der Waals surface area contributed by atoms with Gasteiger partial charge in [0.1, 0.15) is 0 Å².